The molecule has 0 aliphatic carbocycles. The van der Waals surface area contributed by atoms with Crippen LogP contribution in [0.2, 0.25) is 5.02 Å². The average molecular weight is 361 g/mol. The first-order chi connectivity index (χ1) is 11.6. The minimum absolute atomic E-state index is 0.00237. The number of anilines is 1. The minimum atomic E-state index is -0.0726. The van der Waals surface area contributed by atoms with Gasteiger partial charge < -0.3 is 5.32 Å². The number of nitrogens with one attached hydrogen (secondary N) is 1. The van der Waals surface area contributed by atoms with Gasteiger partial charge >= 0.3 is 0 Å². The van der Waals surface area contributed by atoms with Crippen molar-refractivity contribution in [3.8, 4) is 0 Å². The molecule has 0 radical (unpaired) electrons. The summed E-state index contributed by atoms with van der Waals surface area (Å²) in [4.78, 5) is 17.5. The van der Waals surface area contributed by atoms with Gasteiger partial charge in [-0.05, 0) is 24.6 Å². The lowest BCUT2D eigenvalue weighted by Crippen LogP contribution is -2.17. The number of amides is 1. The minimum Gasteiger partial charge on any atom is -0.302 e. The first kappa shape index (κ1) is 16.7. The van der Waals surface area contributed by atoms with Gasteiger partial charge in [0.1, 0.15) is 0 Å². The molecule has 1 amide bonds. The second-order valence-corrected chi connectivity index (χ2v) is 7.01. The van der Waals surface area contributed by atoms with Crippen molar-refractivity contribution in [2.45, 2.75) is 25.8 Å². The second-order valence-electron chi connectivity index (χ2n) is 5.49. The fourth-order valence-electron chi connectivity index (χ4n) is 2.35. The van der Waals surface area contributed by atoms with Gasteiger partial charge in [-0.15, -0.1) is 11.3 Å². The van der Waals surface area contributed by atoms with E-state index in [4.69, 9.17) is 11.6 Å². The van der Waals surface area contributed by atoms with Crippen LogP contribution < -0.4 is 5.32 Å². The fraction of sp³-hybridized carbons (Fsp3) is 0.235. The first-order valence-electron chi connectivity index (χ1n) is 7.59. The molecule has 0 aliphatic heterocycles. The van der Waals surface area contributed by atoms with E-state index in [1.54, 1.807) is 17.1 Å². The highest BCUT2D eigenvalue weighted by atomic mass is 35.5. The summed E-state index contributed by atoms with van der Waals surface area (Å²) in [5.41, 5.74) is 1.05. The van der Waals surface area contributed by atoms with Crippen LogP contribution in [0.4, 0.5) is 5.13 Å². The van der Waals surface area contributed by atoms with Gasteiger partial charge in [-0.25, -0.2) is 4.98 Å². The lowest BCUT2D eigenvalue weighted by Gasteiger charge is -2.10. The monoisotopic (exact) mass is 360 g/mol. The molecule has 0 spiro atoms. The van der Waals surface area contributed by atoms with Gasteiger partial charge in [0.25, 0.3) is 0 Å². The molecule has 7 heteroatoms. The molecule has 0 saturated heterocycles. The van der Waals surface area contributed by atoms with E-state index in [1.165, 1.54) is 11.3 Å². The standard InChI is InChI=1S/C17H17ClN4OS/c1-12(22-8-4-7-20-22)9-16(23)21-17-19-11-14(24-17)10-13-5-2-3-6-15(13)18/h2-8,11-12H,9-10H2,1H3,(H,19,21,23)/t12-/m0/s1. The predicted molar refractivity (Wildman–Crippen MR) is 96.6 cm³/mol. The van der Waals surface area contributed by atoms with E-state index in [2.05, 4.69) is 15.4 Å². The smallest absolute Gasteiger partial charge is 0.228 e. The van der Waals surface area contributed by atoms with Crippen LogP contribution in [0.5, 0.6) is 0 Å². The van der Waals surface area contributed by atoms with E-state index < -0.39 is 0 Å². The molecule has 2 aromatic heterocycles. The van der Waals surface area contributed by atoms with Crippen molar-refractivity contribution >= 4 is 34.0 Å². The van der Waals surface area contributed by atoms with Crippen LogP contribution in [-0.4, -0.2) is 20.7 Å². The zero-order valence-corrected chi connectivity index (χ0v) is 14.7. The lowest BCUT2D eigenvalue weighted by atomic mass is 10.1. The van der Waals surface area contributed by atoms with E-state index >= 15 is 0 Å². The van der Waals surface area contributed by atoms with E-state index in [1.807, 2.05) is 43.5 Å². The Hall–Kier alpha value is -2.18. The highest BCUT2D eigenvalue weighted by Gasteiger charge is 2.13. The summed E-state index contributed by atoms with van der Waals surface area (Å²) in [5.74, 6) is -0.0726. The number of hydrogen-bond donors (Lipinski definition) is 1. The molecule has 0 bridgehead atoms. The Labute approximate surface area is 149 Å². The summed E-state index contributed by atoms with van der Waals surface area (Å²) in [6, 6.07) is 9.58. The van der Waals surface area contributed by atoms with E-state index in [-0.39, 0.29) is 11.9 Å². The van der Waals surface area contributed by atoms with Crippen molar-refractivity contribution in [3.63, 3.8) is 0 Å². The topological polar surface area (TPSA) is 59.8 Å². The first-order valence-corrected chi connectivity index (χ1v) is 8.78. The molecule has 5 nitrogen and oxygen atoms in total. The molecule has 1 aromatic carbocycles. The summed E-state index contributed by atoms with van der Waals surface area (Å²) < 4.78 is 1.77. The van der Waals surface area contributed by atoms with Crippen LogP contribution >= 0.6 is 22.9 Å². The van der Waals surface area contributed by atoms with Crippen LogP contribution in [0, 0.1) is 0 Å². The van der Waals surface area contributed by atoms with E-state index in [0.717, 1.165) is 15.5 Å². The zero-order chi connectivity index (χ0) is 16.9. The van der Waals surface area contributed by atoms with Crippen molar-refractivity contribution in [2.24, 2.45) is 0 Å². The van der Waals surface area contributed by atoms with Crippen LogP contribution in [0.1, 0.15) is 29.8 Å². The Morgan fingerprint density at radius 2 is 2.21 bits per heavy atom. The van der Waals surface area contributed by atoms with Crippen LogP contribution in [0.15, 0.2) is 48.9 Å². The maximum absolute atomic E-state index is 12.1. The third-order valence-electron chi connectivity index (χ3n) is 3.58. The zero-order valence-electron chi connectivity index (χ0n) is 13.1. The van der Waals surface area contributed by atoms with Gasteiger partial charge in [0.05, 0.1) is 6.04 Å². The van der Waals surface area contributed by atoms with Gasteiger partial charge in [0.2, 0.25) is 5.91 Å². The molecule has 3 rings (SSSR count). The quantitative estimate of drug-likeness (QED) is 0.717. The van der Waals surface area contributed by atoms with Gasteiger partial charge in [0, 0.05) is 41.3 Å². The molecule has 1 atom stereocenters. The van der Waals surface area contributed by atoms with Gasteiger partial charge in [-0.2, -0.15) is 5.10 Å². The highest BCUT2D eigenvalue weighted by Crippen LogP contribution is 2.25. The maximum Gasteiger partial charge on any atom is 0.228 e. The molecule has 0 aliphatic rings. The third-order valence-corrected chi connectivity index (χ3v) is 4.86. The summed E-state index contributed by atoms with van der Waals surface area (Å²) in [6.45, 7) is 1.96. The Kier molecular flexibility index (Phi) is 5.27. The molecule has 124 valence electrons. The van der Waals surface area contributed by atoms with Crippen molar-refractivity contribution in [1.29, 1.82) is 0 Å². The van der Waals surface area contributed by atoms with Gasteiger partial charge in [0.15, 0.2) is 5.13 Å². The SMILES string of the molecule is C[C@@H](CC(=O)Nc1ncc(Cc2ccccc2Cl)s1)n1cccn1. The number of halogens is 1. The summed E-state index contributed by atoms with van der Waals surface area (Å²) >= 11 is 7.64. The van der Waals surface area contributed by atoms with Gasteiger partial charge in [-0.3, -0.25) is 9.48 Å². The lowest BCUT2D eigenvalue weighted by molar-refractivity contribution is -0.116. The van der Waals surface area contributed by atoms with Crippen molar-refractivity contribution in [3.05, 3.63) is 64.4 Å². The molecule has 2 heterocycles. The van der Waals surface area contributed by atoms with Crippen LogP contribution in [-0.2, 0) is 11.2 Å². The van der Waals surface area contributed by atoms with Crippen molar-refractivity contribution in [2.75, 3.05) is 5.32 Å². The average Bonchev–Trinajstić information content (AvgIpc) is 3.21. The number of carbonyl (C=O) groups excluding carboxylic acids is 1. The Balaban J connectivity index is 1.58. The molecule has 0 unspecified atom stereocenters. The summed E-state index contributed by atoms with van der Waals surface area (Å²) in [7, 11) is 0. The normalized spacial score (nSPS) is 12.1. The maximum atomic E-state index is 12.1. The predicted octanol–water partition coefficient (Wildman–Crippen LogP) is 4.17. The Morgan fingerprint density at radius 1 is 1.38 bits per heavy atom. The number of aromatic nitrogens is 3. The summed E-state index contributed by atoms with van der Waals surface area (Å²) in [6.07, 6.45) is 6.39. The molecule has 24 heavy (non-hydrogen) atoms. The van der Waals surface area contributed by atoms with Gasteiger partial charge in [-0.1, -0.05) is 29.8 Å². The fourth-order valence-corrected chi connectivity index (χ4v) is 3.40. The number of rotatable bonds is 6. The number of nitrogens with zero attached hydrogens (tertiary/aromatic N) is 3. The number of benzene rings is 1. The van der Waals surface area contributed by atoms with Crippen molar-refractivity contribution in [1.82, 2.24) is 14.8 Å². The largest absolute Gasteiger partial charge is 0.302 e. The van der Waals surface area contributed by atoms with E-state index in [0.29, 0.717) is 18.0 Å². The highest BCUT2D eigenvalue weighted by molar-refractivity contribution is 7.15. The van der Waals surface area contributed by atoms with E-state index in [9.17, 15) is 4.79 Å². The molecular weight excluding hydrogens is 344 g/mol. The Bertz CT molecular complexity index is 816. The number of thiazole rings is 1. The van der Waals surface area contributed by atoms with Crippen molar-refractivity contribution < 1.29 is 4.79 Å². The molecular formula is C17H17ClN4OS. The summed E-state index contributed by atoms with van der Waals surface area (Å²) in [5, 5.41) is 8.34. The van der Waals surface area contributed by atoms with Crippen LogP contribution in [0.25, 0.3) is 0 Å². The number of hydrogen-bond acceptors (Lipinski definition) is 4. The molecule has 0 fully saturated rings. The molecule has 0 saturated carbocycles. The number of carbonyl (C=O) groups is 1. The Morgan fingerprint density at radius 3 is 2.96 bits per heavy atom. The van der Waals surface area contributed by atoms with Crippen LogP contribution in [0.3, 0.4) is 0 Å². The molecule has 3 aromatic rings. The molecule has 1 N–H and O–H groups in total. The second kappa shape index (κ2) is 7.59. The third kappa shape index (κ3) is 4.21.